The van der Waals surface area contributed by atoms with Gasteiger partial charge in [0, 0.05) is 9.75 Å². The van der Waals surface area contributed by atoms with Gasteiger partial charge in [0.1, 0.15) is 16.1 Å². The largest absolute Gasteiger partial charge is 0.144 e. The van der Waals surface area contributed by atoms with E-state index in [1.54, 1.807) is 20.9 Å². The lowest BCUT2D eigenvalue weighted by atomic mass is 10.1. The molecule has 0 fully saturated rings. The second kappa shape index (κ2) is 33.6. The molecule has 0 nitrogen and oxygen atoms in total. The predicted octanol–water partition coefficient (Wildman–Crippen LogP) is 20.6. The first-order chi connectivity index (χ1) is 32.7. The van der Waals surface area contributed by atoms with E-state index in [0.717, 1.165) is 0 Å². The van der Waals surface area contributed by atoms with Crippen molar-refractivity contribution in [1.82, 2.24) is 0 Å². The van der Waals surface area contributed by atoms with Gasteiger partial charge < -0.3 is 0 Å². The maximum absolute atomic E-state index is 2.96. The van der Waals surface area contributed by atoms with Crippen molar-refractivity contribution in [2.24, 2.45) is 0 Å². The van der Waals surface area contributed by atoms with E-state index in [1.165, 1.54) is 281 Å². The van der Waals surface area contributed by atoms with Gasteiger partial charge in [0.05, 0.1) is 0 Å². The van der Waals surface area contributed by atoms with Gasteiger partial charge in [-0.2, -0.15) is 0 Å². The minimum Gasteiger partial charge on any atom is -0.144 e. The molecule has 0 saturated carbocycles. The molecule has 0 atom stereocenters. The van der Waals surface area contributed by atoms with E-state index in [-0.39, 0.29) is 0 Å². The van der Waals surface area contributed by atoms with Gasteiger partial charge in [0.2, 0.25) is 0 Å². The van der Waals surface area contributed by atoms with Gasteiger partial charge in [-0.15, -0.1) is 22.7 Å². The molecule has 2 aromatic heterocycles. The highest BCUT2D eigenvalue weighted by atomic mass is 32.1. The molecule has 4 heterocycles. The third-order valence-electron chi connectivity index (χ3n) is 16.9. The van der Waals surface area contributed by atoms with E-state index in [0.29, 0.717) is 0 Å². The Morgan fingerprint density at radius 3 is 0.712 bits per heavy atom. The number of benzene rings is 1. The van der Waals surface area contributed by atoms with E-state index in [2.05, 4.69) is 85.4 Å². The smallest absolute Gasteiger partial charge is 0.120 e. The summed E-state index contributed by atoms with van der Waals surface area (Å²) in [6, 6.07) is 17.2. The van der Waals surface area contributed by atoms with Gasteiger partial charge >= 0.3 is 0 Å². The Hall–Kier alpha value is -0.946. The molecule has 4 heteroatoms. The molecule has 0 unspecified atom stereocenters. The number of thiophene rings is 2. The van der Waals surface area contributed by atoms with Crippen LogP contribution in [0.3, 0.4) is 0 Å². The van der Waals surface area contributed by atoms with E-state index >= 15 is 0 Å². The van der Waals surface area contributed by atoms with Crippen molar-refractivity contribution in [2.75, 3.05) is 0 Å². The van der Waals surface area contributed by atoms with Crippen molar-refractivity contribution < 1.29 is 0 Å². The maximum Gasteiger partial charge on any atom is 0.120 e. The Balaban J connectivity index is 1.34. The molecular formula is C62H106S2Si2. The number of rotatable bonds is 44. The standard InChI is InChI=1S/C62H106S2Si2/c1-5-9-13-17-21-25-29-33-37-41-49-65(50-42-38-34-30-26-22-18-14-10-6-2)57-45-47-63-61(57)55-54-60-56(53-59(55)65)62-58(46-48-64-62)66(60,51-43-39-35-31-27-23-19-15-11-7-3)52-44-40-36-32-28-24-20-16-12-8-4/h45-48,53-54H,5-44,49-52H2,1-4H3. The lowest BCUT2D eigenvalue weighted by Gasteiger charge is -2.32. The maximum atomic E-state index is 2.96. The van der Waals surface area contributed by atoms with Crippen LogP contribution in [0.1, 0.15) is 285 Å². The summed E-state index contributed by atoms with van der Waals surface area (Å²) < 4.78 is 0. The molecule has 0 N–H and O–H groups in total. The summed E-state index contributed by atoms with van der Waals surface area (Å²) in [5, 5.41) is 12.6. The zero-order valence-corrected chi connectivity index (χ0v) is 48.0. The third kappa shape index (κ3) is 17.1. The molecule has 66 heavy (non-hydrogen) atoms. The number of unbranched alkanes of at least 4 members (excludes halogenated alkanes) is 36. The van der Waals surface area contributed by atoms with Crippen LogP contribution >= 0.6 is 22.7 Å². The third-order valence-corrected chi connectivity index (χ3v) is 29.7. The van der Waals surface area contributed by atoms with Crippen molar-refractivity contribution in [2.45, 2.75) is 309 Å². The predicted molar refractivity (Wildman–Crippen MR) is 310 cm³/mol. The van der Waals surface area contributed by atoms with Crippen LogP contribution in [0.5, 0.6) is 0 Å². The SMILES string of the molecule is CCCCCCCCCCCC[Si]1(CCCCCCCCCCCC)c2cc3c(cc2-c2sccc21)[Si](CCCCCCCCCCCC)(CCCCCCCCCCCC)c1ccsc1-3. The van der Waals surface area contributed by atoms with Crippen LogP contribution < -0.4 is 20.7 Å². The minimum absolute atomic E-state index is 1.36. The van der Waals surface area contributed by atoms with E-state index in [1.807, 2.05) is 20.7 Å². The summed E-state index contributed by atoms with van der Waals surface area (Å²) in [5.74, 6) is 0. The molecule has 5 rings (SSSR count). The van der Waals surface area contributed by atoms with E-state index in [4.69, 9.17) is 0 Å². The molecule has 0 bridgehead atoms. The normalized spacial score (nSPS) is 14.2. The number of hydrogen-bond acceptors (Lipinski definition) is 2. The van der Waals surface area contributed by atoms with Crippen molar-refractivity contribution in [3.05, 3.63) is 35.0 Å². The topological polar surface area (TPSA) is 0 Å². The van der Waals surface area contributed by atoms with Crippen molar-refractivity contribution in [3.8, 4) is 20.9 Å². The second-order valence-electron chi connectivity index (χ2n) is 22.2. The summed E-state index contributed by atoms with van der Waals surface area (Å²) in [4.78, 5) is 3.46. The monoisotopic (exact) mass is 971 g/mol. The van der Waals surface area contributed by atoms with Crippen LogP contribution in [0.2, 0.25) is 24.2 Å². The molecule has 2 aliphatic heterocycles. The molecule has 0 aliphatic carbocycles. The Labute approximate surface area is 421 Å². The zero-order valence-electron chi connectivity index (χ0n) is 44.4. The van der Waals surface area contributed by atoms with Gasteiger partial charge in [-0.1, -0.05) is 309 Å². The molecule has 0 amide bonds. The van der Waals surface area contributed by atoms with Crippen molar-refractivity contribution in [1.29, 1.82) is 0 Å². The van der Waals surface area contributed by atoms with Gasteiger partial charge in [-0.05, 0) is 66.8 Å². The zero-order chi connectivity index (χ0) is 46.4. The molecular weight excluding hydrogens is 865 g/mol. The highest BCUT2D eigenvalue weighted by molar-refractivity contribution is 7.22. The quantitative estimate of drug-likeness (QED) is 0.0391. The van der Waals surface area contributed by atoms with Crippen LogP contribution in [-0.2, 0) is 0 Å². The van der Waals surface area contributed by atoms with Gasteiger partial charge in [-0.25, -0.2) is 0 Å². The lowest BCUT2D eigenvalue weighted by molar-refractivity contribution is 0.559. The summed E-state index contributed by atoms with van der Waals surface area (Å²) in [7, 11) is -3.74. The molecule has 0 spiro atoms. The summed E-state index contributed by atoms with van der Waals surface area (Å²) >= 11 is 4.26. The van der Waals surface area contributed by atoms with Crippen molar-refractivity contribution in [3.63, 3.8) is 0 Å². The van der Waals surface area contributed by atoms with Gasteiger partial charge in [0.15, 0.2) is 0 Å². The summed E-state index contributed by atoms with van der Waals surface area (Å²) in [6.07, 6.45) is 57.7. The molecule has 0 radical (unpaired) electrons. The Kier molecular flexibility index (Phi) is 28.5. The summed E-state index contributed by atoms with van der Waals surface area (Å²) in [5.41, 5.74) is 3.51. The fraction of sp³-hybridized carbons (Fsp3) is 0.774. The summed E-state index contributed by atoms with van der Waals surface area (Å²) in [6.45, 7) is 9.37. The second-order valence-corrected chi connectivity index (χ2v) is 32.5. The fourth-order valence-corrected chi connectivity index (χ4v) is 27.3. The molecule has 1 aromatic carbocycles. The van der Waals surface area contributed by atoms with E-state index < -0.39 is 16.1 Å². The fourth-order valence-electron chi connectivity index (χ4n) is 12.8. The van der Waals surface area contributed by atoms with Crippen LogP contribution in [-0.4, -0.2) is 16.1 Å². The number of hydrogen-bond donors (Lipinski definition) is 0. The van der Waals surface area contributed by atoms with Crippen LogP contribution in [0.4, 0.5) is 0 Å². The molecule has 0 saturated heterocycles. The average molecular weight is 972 g/mol. The van der Waals surface area contributed by atoms with Crippen LogP contribution in [0, 0.1) is 0 Å². The lowest BCUT2D eigenvalue weighted by Crippen LogP contribution is -2.56. The first kappa shape index (κ1) is 56.0. The molecule has 3 aromatic rings. The Morgan fingerprint density at radius 2 is 0.485 bits per heavy atom. The first-order valence-electron chi connectivity index (χ1n) is 30.0. The van der Waals surface area contributed by atoms with Crippen LogP contribution in [0.25, 0.3) is 20.9 Å². The molecule has 374 valence electrons. The van der Waals surface area contributed by atoms with E-state index in [9.17, 15) is 0 Å². The van der Waals surface area contributed by atoms with Crippen molar-refractivity contribution >= 4 is 59.6 Å². The molecule has 2 aliphatic rings. The first-order valence-corrected chi connectivity index (χ1v) is 36.6. The van der Waals surface area contributed by atoms with Gasteiger partial charge in [0.25, 0.3) is 0 Å². The van der Waals surface area contributed by atoms with Crippen LogP contribution in [0.15, 0.2) is 35.0 Å². The highest BCUT2D eigenvalue weighted by Crippen LogP contribution is 2.44. The number of fused-ring (bicyclic) bond motifs is 6. The average Bonchev–Trinajstić information content (AvgIpc) is 4.12. The highest BCUT2D eigenvalue weighted by Gasteiger charge is 2.50. The Bertz CT molecular complexity index is 1500. The minimum atomic E-state index is -1.87. The van der Waals surface area contributed by atoms with Gasteiger partial charge in [-0.3, -0.25) is 0 Å². The Morgan fingerprint density at radius 1 is 0.273 bits per heavy atom.